The molecule has 0 aliphatic carbocycles. The first kappa shape index (κ1) is 31.2. The summed E-state index contributed by atoms with van der Waals surface area (Å²) < 4.78 is 5.87. The molecular formula is C29H41KO4. The maximum absolute atomic E-state index is 11.3. The van der Waals surface area contributed by atoms with Gasteiger partial charge in [-0.2, -0.15) is 0 Å². The number of fused-ring (bicyclic) bond motifs is 1. The maximum atomic E-state index is 11.3. The van der Waals surface area contributed by atoms with Crippen LogP contribution >= 0.6 is 0 Å². The van der Waals surface area contributed by atoms with E-state index >= 15 is 0 Å². The average Bonchev–Trinajstić information content (AvgIpc) is 2.82. The molecule has 0 bridgehead atoms. The Balaban J connectivity index is 0.00000578. The van der Waals surface area contributed by atoms with E-state index in [4.69, 9.17) is 4.74 Å². The van der Waals surface area contributed by atoms with Gasteiger partial charge in [0.2, 0.25) is 0 Å². The minimum Gasteiger partial charge on any atom is -0.545 e. The minimum absolute atomic E-state index is 0. The SMILES string of the molecule is CCCCCCCC/C=C\CCCCCCCCOc1cc(C(=O)[O-])c(O)c2ccccc12.[K+]. The summed E-state index contributed by atoms with van der Waals surface area (Å²) in [5.74, 6) is -1.19. The Morgan fingerprint density at radius 2 is 1.38 bits per heavy atom. The molecule has 0 saturated heterocycles. The number of aromatic carboxylic acids is 1. The zero-order valence-electron chi connectivity index (χ0n) is 21.3. The molecule has 0 saturated carbocycles. The van der Waals surface area contributed by atoms with Crippen LogP contribution < -0.4 is 61.2 Å². The number of phenols is 1. The number of unbranched alkanes of at least 4 members (excludes halogenated alkanes) is 12. The number of ether oxygens (including phenoxy) is 1. The van der Waals surface area contributed by atoms with Crippen LogP contribution in [0, 0.1) is 0 Å². The van der Waals surface area contributed by atoms with Crippen LogP contribution in [0.1, 0.15) is 107 Å². The van der Waals surface area contributed by atoms with Gasteiger partial charge in [-0.25, -0.2) is 0 Å². The number of carbonyl (C=O) groups is 1. The molecular weight excluding hydrogens is 451 g/mol. The Morgan fingerprint density at radius 1 is 0.853 bits per heavy atom. The first-order valence-electron chi connectivity index (χ1n) is 12.9. The smallest absolute Gasteiger partial charge is 0.545 e. The van der Waals surface area contributed by atoms with Gasteiger partial charge in [-0.1, -0.05) is 101 Å². The van der Waals surface area contributed by atoms with Crippen molar-refractivity contribution in [3.8, 4) is 11.5 Å². The molecule has 0 atom stereocenters. The fourth-order valence-electron chi connectivity index (χ4n) is 4.13. The van der Waals surface area contributed by atoms with Gasteiger partial charge in [-0.3, -0.25) is 0 Å². The molecule has 0 fully saturated rings. The van der Waals surface area contributed by atoms with Crippen molar-refractivity contribution < 1.29 is 71.1 Å². The predicted octanol–water partition coefficient (Wildman–Crippen LogP) is 4.33. The molecule has 0 unspecified atom stereocenters. The van der Waals surface area contributed by atoms with Crippen molar-refractivity contribution in [2.45, 2.75) is 96.8 Å². The van der Waals surface area contributed by atoms with Crippen LogP contribution in [0.4, 0.5) is 0 Å². The minimum atomic E-state index is -1.40. The Bertz CT molecular complexity index is 863. The van der Waals surface area contributed by atoms with Crippen LogP contribution in [-0.4, -0.2) is 17.7 Å². The van der Waals surface area contributed by atoms with Crippen molar-refractivity contribution in [3.63, 3.8) is 0 Å². The quantitative estimate of drug-likeness (QED) is 0.191. The fourth-order valence-corrected chi connectivity index (χ4v) is 4.13. The second-order valence-electron chi connectivity index (χ2n) is 8.89. The Kier molecular flexibility index (Phi) is 17.7. The number of benzene rings is 2. The van der Waals surface area contributed by atoms with Crippen LogP contribution in [0.25, 0.3) is 10.8 Å². The summed E-state index contributed by atoms with van der Waals surface area (Å²) in [6.45, 7) is 2.79. The Hall–Kier alpha value is -0.854. The average molecular weight is 493 g/mol. The zero-order chi connectivity index (χ0) is 23.7. The van der Waals surface area contributed by atoms with Crippen LogP contribution in [0.2, 0.25) is 0 Å². The summed E-state index contributed by atoms with van der Waals surface area (Å²) in [6, 6.07) is 8.49. The van der Waals surface area contributed by atoms with E-state index in [2.05, 4.69) is 19.1 Å². The molecule has 34 heavy (non-hydrogen) atoms. The molecule has 0 radical (unpaired) electrons. The van der Waals surface area contributed by atoms with Crippen LogP contribution in [0.3, 0.4) is 0 Å². The topological polar surface area (TPSA) is 69.6 Å². The van der Waals surface area contributed by atoms with Crippen LogP contribution in [-0.2, 0) is 0 Å². The molecule has 4 nitrogen and oxygen atoms in total. The number of carboxylic acids is 1. The number of allylic oxidation sites excluding steroid dienone is 2. The van der Waals surface area contributed by atoms with Crippen LogP contribution in [0.15, 0.2) is 42.5 Å². The first-order valence-corrected chi connectivity index (χ1v) is 12.9. The molecule has 1 N–H and O–H groups in total. The van der Waals surface area contributed by atoms with Crippen molar-refractivity contribution in [1.82, 2.24) is 0 Å². The van der Waals surface area contributed by atoms with Crippen molar-refractivity contribution in [2.75, 3.05) is 6.61 Å². The van der Waals surface area contributed by atoms with E-state index in [1.165, 1.54) is 83.1 Å². The van der Waals surface area contributed by atoms with Gasteiger partial charge in [0, 0.05) is 16.3 Å². The Labute approximate surface area is 248 Å². The number of aromatic hydroxyl groups is 1. The molecule has 2 aromatic rings. The third kappa shape index (κ3) is 11.7. The predicted molar refractivity (Wildman–Crippen MR) is 135 cm³/mol. The number of hydrogen-bond donors (Lipinski definition) is 1. The molecule has 0 aliphatic rings. The first-order chi connectivity index (χ1) is 16.1. The van der Waals surface area contributed by atoms with Gasteiger partial charge in [-0.05, 0) is 38.2 Å². The Morgan fingerprint density at radius 3 is 1.97 bits per heavy atom. The second kappa shape index (κ2) is 19.3. The van der Waals surface area contributed by atoms with Gasteiger partial charge in [-0.15, -0.1) is 0 Å². The summed E-state index contributed by atoms with van der Waals surface area (Å²) in [5, 5.41) is 22.7. The normalized spacial score (nSPS) is 11.1. The molecule has 182 valence electrons. The van der Waals surface area contributed by atoms with Gasteiger partial charge in [0.25, 0.3) is 0 Å². The van der Waals surface area contributed by atoms with E-state index in [1.807, 2.05) is 12.1 Å². The largest absolute Gasteiger partial charge is 1.00 e. The number of carboxylic acid groups (broad SMARTS) is 1. The van der Waals surface area contributed by atoms with Crippen molar-refractivity contribution in [2.24, 2.45) is 0 Å². The summed E-state index contributed by atoms with van der Waals surface area (Å²) in [5.41, 5.74) is -0.232. The molecule has 5 heteroatoms. The van der Waals surface area contributed by atoms with E-state index < -0.39 is 5.97 Å². The van der Waals surface area contributed by atoms with Gasteiger partial charge in [0.1, 0.15) is 11.5 Å². The van der Waals surface area contributed by atoms with Crippen molar-refractivity contribution in [1.29, 1.82) is 0 Å². The van der Waals surface area contributed by atoms with Gasteiger partial charge in [0.15, 0.2) is 0 Å². The van der Waals surface area contributed by atoms with Gasteiger partial charge in [0.05, 0.1) is 12.6 Å². The van der Waals surface area contributed by atoms with Crippen LogP contribution in [0.5, 0.6) is 11.5 Å². The third-order valence-corrected chi connectivity index (χ3v) is 6.11. The molecule has 0 aromatic heterocycles. The summed E-state index contributed by atoms with van der Waals surface area (Å²) >= 11 is 0. The monoisotopic (exact) mass is 492 g/mol. The van der Waals surface area contributed by atoms with E-state index in [-0.39, 0.29) is 62.7 Å². The molecule has 2 rings (SSSR count). The standard InChI is InChI=1S/C29H42O4.K/c1-2-3-4-5-6-7-8-9-10-11-12-13-14-15-16-19-22-33-27-23-26(29(31)32)28(30)25-21-18-17-20-24(25)27;/h9-10,17-18,20-21,23,30H,2-8,11-16,19,22H2,1H3,(H,31,32);/q;+1/p-1/b10-9-;. The van der Waals surface area contributed by atoms with E-state index in [9.17, 15) is 15.0 Å². The van der Waals surface area contributed by atoms with E-state index in [1.54, 1.807) is 12.1 Å². The third-order valence-electron chi connectivity index (χ3n) is 6.11. The molecule has 2 aromatic carbocycles. The van der Waals surface area contributed by atoms with Gasteiger partial charge < -0.3 is 19.7 Å². The fraction of sp³-hybridized carbons (Fsp3) is 0.552. The van der Waals surface area contributed by atoms with E-state index in [0.29, 0.717) is 23.1 Å². The maximum Gasteiger partial charge on any atom is 1.00 e. The van der Waals surface area contributed by atoms with Gasteiger partial charge >= 0.3 is 51.4 Å². The molecule has 0 spiro atoms. The zero-order valence-corrected chi connectivity index (χ0v) is 24.4. The number of hydrogen-bond acceptors (Lipinski definition) is 4. The molecule has 0 aliphatic heterocycles. The molecule has 0 amide bonds. The summed E-state index contributed by atoms with van der Waals surface area (Å²) in [4.78, 5) is 11.3. The number of carbonyl (C=O) groups excluding carboxylic acids is 1. The van der Waals surface area contributed by atoms with E-state index in [0.717, 1.165) is 12.8 Å². The van der Waals surface area contributed by atoms with Crippen molar-refractivity contribution in [3.05, 3.63) is 48.0 Å². The second-order valence-corrected chi connectivity index (χ2v) is 8.89. The number of rotatable bonds is 18. The summed E-state index contributed by atoms with van der Waals surface area (Å²) in [7, 11) is 0. The summed E-state index contributed by atoms with van der Waals surface area (Å²) in [6.07, 6.45) is 22.3. The van der Waals surface area contributed by atoms with Crippen molar-refractivity contribution >= 4 is 16.7 Å². The molecule has 0 heterocycles.